The van der Waals surface area contributed by atoms with Gasteiger partial charge < -0.3 is 53.9 Å². The molecule has 22 nitrogen and oxygen atoms in total. The van der Waals surface area contributed by atoms with Crippen LogP contribution in [-0.4, -0.2) is 143 Å². The van der Waals surface area contributed by atoms with Gasteiger partial charge in [-0.2, -0.15) is 0 Å². The predicted octanol–water partition coefficient (Wildman–Crippen LogP) is 13.9. The Labute approximate surface area is 613 Å². The van der Waals surface area contributed by atoms with E-state index in [4.69, 9.17) is 32.7 Å². The van der Waals surface area contributed by atoms with Gasteiger partial charge in [-0.15, -0.1) is 0 Å². The zero-order valence-electron chi connectivity index (χ0n) is 62.4. The molecule has 2 amide bonds. The van der Waals surface area contributed by atoms with Crippen molar-refractivity contribution >= 4 is 61.0 Å². The van der Waals surface area contributed by atoms with E-state index in [2.05, 4.69) is 17.6 Å². The number of aliphatic hydroxyl groups is 2. The Morgan fingerprint density at radius 1 is 0.692 bits per heavy atom. The van der Waals surface area contributed by atoms with Crippen molar-refractivity contribution in [2.75, 3.05) is 39.6 Å². The zero-order chi connectivity index (χ0) is 75.6. The number of carbonyl (C=O) groups is 8. The van der Waals surface area contributed by atoms with Crippen molar-refractivity contribution < 1.29 is 95.2 Å². The van der Waals surface area contributed by atoms with Gasteiger partial charge in [0.2, 0.25) is 12.0 Å². The molecule has 0 radical (unpaired) electrons. The van der Waals surface area contributed by atoms with Crippen molar-refractivity contribution in [1.29, 1.82) is 0 Å². The van der Waals surface area contributed by atoms with Crippen LogP contribution in [0.25, 0.3) is 0 Å². The molecule has 4 aliphatic carbocycles. The molecule has 3 saturated carbocycles. The lowest BCUT2D eigenvalue weighted by Gasteiger charge is -2.68. The first-order chi connectivity index (χ1) is 49.3. The highest BCUT2D eigenvalue weighted by atomic mass is 31.2. The van der Waals surface area contributed by atoms with Gasteiger partial charge in [0, 0.05) is 49.3 Å². The standard InChI is InChI=1S/C81H110N3O19P/c1-11-12-13-14-15-16-17-18-19-20-21-22-23-24-34-41-63(103-104(95,96)97-51-50-84(8,9)10)57-42-44-62(45-43-57)82-66(88)46-47-67(89)100-71(69(58-35-28-25-29-36-58)83-75(91)59-37-30-26-31-38-59)77(93)99-64-53-81(94)74(101-76(92)60-39-32-27-33-40-60)72-79(7,65(87)52-61-48-49-80(61,72)102-56(4)86)73(90)70(98-55(3)85)68(54(64)2)78(81,5)6/h25-33,35-40,42-45,61,63-65,69-72,74,87,94H,11-24,34,41,46-53H2,1-10H3,(H2-,82,83,88,91,95,96)/p+1/t61-,63?,64+,65+,69+,70-,71-,72+,74+,79-,80+,81-/m1/s1. The predicted molar refractivity (Wildman–Crippen MR) is 391 cm³/mol. The highest BCUT2D eigenvalue weighted by Crippen LogP contribution is 2.67. The lowest BCUT2D eigenvalue weighted by atomic mass is 9.41. The number of Topliss-reactive ketones (excluding diaryl/α,β-unsaturated/α-hetero) is 1. The smallest absolute Gasteiger partial charge is 0.458 e. The lowest BCUT2D eigenvalue weighted by molar-refractivity contribution is -0.870. The Balaban J connectivity index is 1.05. The fourth-order valence-corrected chi connectivity index (χ4v) is 16.8. The van der Waals surface area contributed by atoms with Crippen molar-refractivity contribution in [2.24, 2.45) is 22.7 Å². The van der Waals surface area contributed by atoms with Crippen molar-refractivity contribution in [3.63, 3.8) is 0 Å². The van der Waals surface area contributed by atoms with Crippen LogP contribution in [0.3, 0.4) is 0 Å². The molecule has 568 valence electrons. The molecule has 104 heavy (non-hydrogen) atoms. The number of likely N-dealkylation sites (N-methyl/N-ethyl adjacent to an activating group) is 1. The molecule has 4 aromatic rings. The normalized spacial score (nSPS) is 24.8. The van der Waals surface area contributed by atoms with E-state index in [9.17, 15) is 48.4 Å². The molecule has 2 unspecified atom stereocenters. The van der Waals surface area contributed by atoms with E-state index in [1.54, 1.807) is 105 Å². The van der Waals surface area contributed by atoms with Crippen molar-refractivity contribution in [3.05, 3.63) is 149 Å². The first-order valence-corrected chi connectivity index (χ1v) is 38.8. The Morgan fingerprint density at radius 3 is 1.79 bits per heavy atom. The molecule has 0 aromatic heterocycles. The summed E-state index contributed by atoms with van der Waals surface area (Å²) in [5.74, 6) is -9.34. The van der Waals surface area contributed by atoms with E-state index < -0.39 is 151 Å². The number of aliphatic hydroxyl groups excluding tert-OH is 1. The maximum absolute atomic E-state index is 16.0. The molecule has 3 fully saturated rings. The first kappa shape index (κ1) is 82.2. The number of quaternary nitrogens is 1. The highest BCUT2D eigenvalue weighted by molar-refractivity contribution is 7.47. The van der Waals surface area contributed by atoms with Crippen LogP contribution >= 0.6 is 7.82 Å². The number of ketones is 1. The first-order valence-electron chi connectivity index (χ1n) is 37.3. The van der Waals surface area contributed by atoms with E-state index in [0.717, 1.165) is 39.0 Å². The number of unbranched alkanes of at least 4 members (excludes halogenated alkanes) is 14. The van der Waals surface area contributed by atoms with Gasteiger partial charge in [-0.25, -0.2) is 14.2 Å². The van der Waals surface area contributed by atoms with E-state index in [-0.39, 0.29) is 47.3 Å². The molecule has 0 aliphatic heterocycles. The molecule has 13 atom stereocenters. The topological polar surface area (TPSA) is 303 Å². The second-order valence-corrected chi connectivity index (χ2v) is 32.0. The molecule has 4 aromatic carbocycles. The van der Waals surface area contributed by atoms with E-state index in [1.165, 1.54) is 109 Å². The van der Waals surface area contributed by atoms with Gasteiger partial charge in [0.05, 0.1) is 56.7 Å². The van der Waals surface area contributed by atoms with Gasteiger partial charge in [0.25, 0.3) is 5.91 Å². The van der Waals surface area contributed by atoms with Crippen molar-refractivity contribution in [1.82, 2.24) is 5.32 Å². The van der Waals surface area contributed by atoms with E-state index in [1.807, 2.05) is 21.1 Å². The number of esters is 5. The molecule has 0 spiro atoms. The quantitative estimate of drug-likeness (QED) is 0.00695. The molecule has 8 rings (SSSR count). The summed E-state index contributed by atoms with van der Waals surface area (Å²) >= 11 is 0. The number of carbonyl (C=O) groups excluding carboxylic acids is 8. The fourth-order valence-electron chi connectivity index (χ4n) is 15.9. The van der Waals surface area contributed by atoms with Crippen LogP contribution < -0.4 is 10.6 Å². The van der Waals surface area contributed by atoms with Crippen LogP contribution in [0.15, 0.2) is 126 Å². The minimum absolute atomic E-state index is 0.00830. The second kappa shape index (κ2) is 36.7. The molecule has 2 bridgehead atoms. The van der Waals surface area contributed by atoms with Crippen molar-refractivity contribution in [3.8, 4) is 0 Å². The molecule has 4 aliphatic rings. The molecule has 0 saturated heterocycles. The fraction of sp³-hybridized carbons (Fsp3) is 0.580. The summed E-state index contributed by atoms with van der Waals surface area (Å²) in [5.41, 5.74) is -6.56. The van der Waals surface area contributed by atoms with Crippen LogP contribution in [-0.2, 0) is 66.1 Å². The summed E-state index contributed by atoms with van der Waals surface area (Å²) in [4.78, 5) is 127. The molecular formula is C81H111N3O19P+. The Morgan fingerprint density at radius 2 is 1.25 bits per heavy atom. The SMILES string of the molecule is CCCCCCCCCCCCCCCCCC(OP(=O)(O)OCC[N+](C)(C)C)c1ccc(NC(=O)CCC(=O)O[C@@H](C(=O)O[C@H]2C[C@@]3(O)[C@@H](OC(=O)c4ccccc4)[C@@H]4[C@]5(OC(C)=O)CC[C@@H]5C[C@H](O)[C@@]4(C)C(=O)[C@H](OC(C)=O)C(=C2C)C3(C)C)[C@@H](NC(=O)c2ccccc2)c2ccccc2)cc1. The maximum Gasteiger partial charge on any atom is 0.472 e. The summed E-state index contributed by atoms with van der Waals surface area (Å²) in [7, 11) is 1.31. The van der Waals surface area contributed by atoms with Gasteiger partial charge in [-0.3, -0.25) is 37.8 Å². The highest BCUT2D eigenvalue weighted by Gasteiger charge is 2.77. The number of benzene rings is 4. The summed E-state index contributed by atoms with van der Waals surface area (Å²) in [6.45, 7) is 11.0. The van der Waals surface area contributed by atoms with Crippen LogP contribution in [0.5, 0.6) is 0 Å². The molecule has 0 heterocycles. The zero-order valence-corrected chi connectivity index (χ0v) is 63.3. The second-order valence-electron chi connectivity index (χ2n) is 30.6. The third-order valence-electron chi connectivity index (χ3n) is 21.8. The van der Waals surface area contributed by atoms with Gasteiger partial charge in [0.1, 0.15) is 42.6 Å². The van der Waals surface area contributed by atoms with Gasteiger partial charge in [-0.1, -0.05) is 196 Å². The Hall–Kier alpha value is -7.43. The number of nitrogens with zero attached hydrogens (tertiary/aromatic N) is 1. The van der Waals surface area contributed by atoms with Crippen LogP contribution in [0.4, 0.5) is 5.69 Å². The molecule has 23 heteroatoms. The summed E-state index contributed by atoms with van der Waals surface area (Å²) in [6, 6.07) is 29.1. The number of phosphoric ester groups is 1. The lowest BCUT2D eigenvalue weighted by Crippen LogP contribution is -2.78. The van der Waals surface area contributed by atoms with Gasteiger partial charge in [0.15, 0.2) is 11.9 Å². The van der Waals surface area contributed by atoms with E-state index >= 15 is 9.59 Å². The maximum atomic E-state index is 16.0. The number of hydrogen-bond acceptors (Lipinski definition) is 18. The van der Waals surface area contributed by atoms with Crippen LogP contribution in [0, 0.1) is 22.7 Å². The minimum atomic E-state index is -4.52. The third-order valence-corrected chi connectivity index (χ3v) is 22.8. The number of rotatable bonds is 38. The van der Waals surface area contributed by atoms with Crippen LogP contribution in [0.1, 0.15) is 234 Å². The number of anilines is 1. The summed E-state index contributed by atoms with van der Waals surface area (Å²) in [5, 5.41) is 32.3. The van der Waals surface area contributed by atoms with Gasteiger partial charge in [-0.05, 0) is 98.2 Å². The van der Waals surface area contributed by atoms with Crippen LogP contribution in [0.2, 0.25) is 0 Å². The third kappa shape index (κ3) is 20.6. The average Bonchev–Trinajstić information content (AvgIpc) is 0.669. The number of hydrogen-bond donors (Lipinski definition) is 5. The van der Waals surface area contributed by atoms with Gasteiger partial charge >= 0.3 is 37.7 Å². The largest absolute Gasteiger partial charge is 0.472 e. The van der Waals surface area contributed by atoms with E-state index in [0.29, 0.717) is 35.1 Å². The molecular weight excluding hydrogens is 1350 g/mol. The Bertz CT molecular complexity index is 3660. The number of amides is 2. The summed E-state index contributed by atoms with van der Waals surface area (Å²) in [6.07, 6.45) is 7.13. The number of ether oxygens (including phenoxy) is 5. The molecule has 5 N–H and O–H groups in total. The summed E-state index contributed by atoms with van der Waals surface area (Å²) < 4.78 is 56.8. The minimum Gasteiger partial charge on any atom is -0.458 e. The Kier molecular flexibility index (Phi) is 29.0. The number of nitrogens with one attached hydrogen (secondary N) is 2. The average molecular weight is 1460 g/mol. The van der Waals surface area contributed by atoms with Crippen molar-refractivity contribution in [2.45, 2.75) is 244 Å². The number of phosphoric acid groups is 1. The number of fused-ring (bicyclic) bond motifs is 5. The monoisotopic (exact) mass is 1460 g/mol.